The second-order valence-corrected chi connectivity index (χ2v) is 8.65. The predicted molar refractivity (Wildman–Crippen MR) is 125 cm³/mol. The van der Waals surface area contributed by atoms with Crippen LogP contribution in [-0.4, -0.2) is 0 Å². The summed E-state index contributed by atoms with van der Waals surface area (Å²) in [5, 5.41) is 14.6. The first kappa shape index (κ1) is 20.0. The Bertz CT molecular complexity index is 1500. The summed E-state index contributed by atoms with van der Waals surface area (Å²) in [4.78, 5) is 12.9. The van der Waals surface area contributed by atoms with Gasteiger partial charge in [-0.1, -0.05) is 68.1 Å². The maximum atomic E-state index is 13.3. The van der Waals surface area contributed by atoms with Gasteiger partial charge < -0.3 is 9.52 Å². The summed E-state index contributed by atoms with van der Waals surface area (Å²) >= 11 is 0. The van der Waals surface area contributed by atoms with Crippen molar-refractivity contribution in [3.05, 3.63) is 106 Å². The minimum Gasteiger partial charge on any atom is -0.872 e. The van der Waals surface area contributed by atoms with Gasteiger partial charge in [0.25, 0.3) is 0 Å². The topological polar surface area (TPSA) is 64.6 Å². The average Bonchev–Trinajstić information content (AvgIpc) is 2.79. The Morgan fingerprint density at radius 3 is 2.31 bits per heavy atom. The first-order chi connectivity index (χ1) is 15.4. The fraction of sp³-hybridized carbons (Fsp3) is 0.143. The molecule has 32 heavy (non-hydrogen) atoms. The monoisotopic (exact) mass is 422 g/mol. The van der Waals surface area contributed by atoms with Crippen molar-refractivity contribution in [2.24, 2.45) is 0 Å². The number of hydrogen-bond acceptors (Lipinski definition) is 3. The Kier molecular flexibility index (Phi) is 4.78. The quantitative estimate of drug-likeness (QED) is 0.260. The summed E-state index contributed by atoms with van der Waals surface area (Å²) in [7, 11) is 0. The highest BCUT2D eigenvalue weighted by Crippen LogP contribution is 2.37. The van der Waals surface area contributed by atoms with E-state index in [0.717, 1.165) is 27.9 Å². The maximum absolute atomic E-state index is 13.3. The van der Waals surface area contributed by atoms with Gasteiger partial charge in [0.15, 0.2) is 0 Å². The molecular formula is C28H22O4. The van der Waals surface area contributed by atoms with E-state index in [1.807, 2.05) is 74.5 Å². The van der Waals surface area contributed by atoms with Gasteiger partial charge in [-0.15, -0.1) is 0 Å². The standard InChI is InChI=1S/C28H22O4/c1-28(2,25-26(29)21-13-7-9-15-23(21)32-27(25)30)17-19-16-24(18-10-4-3-5-11-18)31-22-14-8-6-12-20(19)22/h3-16H,17H2,1-2H3. The van der Waals surface area contributed by atoms with Crippen LogP contribution in [-0.2, 0) is 11.8 Å². The lowest BCUT2D eigenvalue weighted by Crippen LogP contribution is -2.30. The summed E-state index contributed by atoms with van der Waals surface area (Å²) in [5.41, 5.74) is 1.88. The van der Waals surface area contributed by atoms with Crippen molar-refractivity contribution in [3.8, 4) is 17.1 Å². The van der Waals surface area contributed by atoms with Gasteiger partial charge in [0.05, 0.1) is 10.9 Å². The van der Waals surface area contributed by atoms with Gasteiger partial charge in [-0.25, -0.2) is 9.21 Å². The molecule has 5 rings (SSSR count). The SMILES string of the molecule is CC(C)(Cc1cc(-c2ccccc2)[o+]c2ccccc12)c1c([O-])c2ccccc2oc1=O. The third-order valence-electron chi connectivity index (χ3n) is 5.89. The highest BCUT2D eigenvalue weighted by molar-refractivity contribution is 5.85. The van der Waals surface area contributed by atoms with E-state index in [4.69, 9.17) is 8.83 Å². The molecule has 0 radical (unpaired) electrons. The first-order valence-electron chi connectivity index (χ1n) is 10.6. The van der Waals surface area contributed by atoms with Crippen molar-refractivity contribution in [1.82, 2.24) is 0 Å². The molecule has 0 bridgehead atoms. The van der Waals surface area contributed by atoms with Crippen molar-refractivity contribution >= 4 is 21.9 Å². The third kappa shape index (κ3) is 3.44. The summed E-state index contributed by atoms with van der Waals surface area (Å²) in [5.74, 6) is 0.470. The van der Waals surface area contributed by atoms with E-state index in [-0.39, 0.29) is 11.3 Å². The van der Waals surface area contributed by atoms with E-state index in [1.54, 1.807) is 24.3 Å². The predicted octanol–water partition coefficient (Wildman–Crippen LogP) is 6.08. The van der Waals surface area contributed by atoms with Gasteiger partial charge in [0, 0.05) is 28.5 Å². The maximum Gasteiger partial charge on any atom is 0.361 e. The lowest BCUT2D eigenvalue weighted by molar-refractivity contribution is -0.268. The zero-order valence-electron chi connectivity index (χ0n) is 17.9. The van der Waals surface area contributed by atoms with Crippen molar-refractivity contribution < 1.29 is 13.9 Å². The van der Waals surface area contributed by atoms with Crippen LogP contribution in [0.3, 0.4) is 0 Å². The highest BCUT2D eigenvalue weighted by Gasteiger charge is 2.30. The van der Waals surface area contributed by atoms with Crippen LogP contribution in [0.1, 0.15) is 25.0 Å². The normalized spacial score (nSPS) is 11.8. The number of hydrogen-bond donors (Lipinski definition) is 0. The van der Waals surface area contributed by atoms with Gasteiger partial charge in [0.1, 0.15) is 5.58 Å². The van der Waals surface area contributed by atoms with Crippen molar-refractivity contribution in [1.29, 1.82) is 0 Å². The average molecular weight is 422 g/mol. The fourth-order valence-electron chi connectivity index (χ4n) is 4.37. The van der Waals surface area contributed by atoms with Crippen molar-refractivity contribution in [2.45, 2.75) is 25.7 Å². The summed E-state index contributed by atoms with van der Waals surface area (Å²) in [6.07, 6.45) is 0.474. The van der Waals surface area contributed by atoms with Crippen LogP contribution < -0.4 is 10.7 Å². The van der Waals surface area contributed by atoms with E-state index in [1.165, 1.54) is 0 Å². The molecule has 3 aromatic carbocycles. The van der Waals surface area contributed by atoms with E-state index in [0.29, 0.717) is 17.4 Å². The molecule has 5 aromatic rings. The first-order valence-corrected chi connectivity index (χ1v) is 10.6. The molecule has 0 spiro atoms. The van der Waals surface area contributed by atoms with Crippen LogP contribution in [0.25, 0.3) is 33.3 Å². The van der Waals surface area contributed by atoms with Crippen molar-refractivity contribution in [2.75, 3.05) is 0 Å². The smallest absolute Gasteiger partial charge is 0.361 e. The minimum atomic E-state index is -0.750. The van der Waals surface area contributed by atoms with E-state index in [9.17, 15) is 9.90 Å². The second kappa shape index (κ2) is 7.65. The third-order valence-corrected chi connectivity index (χ3v) is 5.89. The van der Waals surface area contributed by atoms with E-state index < -0.39 is 11.0 Å². The molecule has 0 atom stereocenters. The van der Waals surface area contributed by atoms with Crippen LogP contribution in [0.4, 0.5) is 0 Å². The van der Waals surface area contributed by atoms with Gasteiger partial charge in [0.2, 0.25) is 0 Å². The molecule has 0 aliphatic carbocycles. The van der Waals surface area contributed by atoms with Crippen LogP contribution in [0.2, 0.25) is 0 Å². The Morgan fingerprint density at radius 2 is 1.53 bits per heavy atom. The number of benzene rings is 3. The minimum absolute atomic E-state index is 0.169. The van der Waals surface area contributed by atoms with Crippen LogP contribution >= 0.6 is 0 Å². The van der Waals surface area contributed by atoms with Crippen molar-refractivity contribution in [3.63, 3.8) is 0 Å². The molecule has 0 unspecified atom stereocenters. The van der Waals surface area contributed by atoms with E-state index in [2.05, 4.69) is 0 Å². The molecule has 0 saturated carbocycles. The largest absolute Gasteiger partial charge is 0.872 e. The Hall–Kier alpha value is -3.92. The van der Waals surface area contributed by atoms with Gasteiger partial charge in [-0.05, 0) is 36.2 Å². The molecule has 4 nitrogen and oxygen atoms in total. The van der Waals surface area contributed by atoms with Crippen LogP contribution in [0, 0.1) is 0 Å². The van der Waals surface area contributed by atoms with Gasteiger partial charge >= 0.3 is 17.0 Å². The number of para-hydroxylation sites is 2. The van der Waals surface area contributed by atoms with Crippen LogP contribution in [0.15, 0.2) is 98.6 Å². The Balaban J connectivity index is 1.67. The lowest BCUT2D eigenvalue weighted by atomic mass is 9.78. The zero-order chi connectivity index (χ0) is 22.3. The fourth-order valence-corrected chi connectivity index (χ4v) is 4.37. The molecule has 158 valence electrons. The number of rotatable bonds is 4. The second-order valence-electron chi connectivity index (χ2n) is 8.65. The molecule has 0 aliphatic heterocycles. The zero-order valence-corrected chi connectivity index (χ0v) is 17.9. The molecule has 2 aromatic heterocycles. The molecule has 0 fully saturated rings. The highest BCUT2D eigenvalue weighted by atomic mass is 16.4. The molecule has 0 amide bonds. The molecule has 2 heterocycles. The summed E-state index contributed by atoms with van der Waals surface area (Å²) in [6.45, 7) is 3.83. The van der Waals surface area contributed by atoms with Crippen LogP contribution in [0.5, 0.6) is 5.75 Å². The molecule has 0 aliphatic rings. The molecule has 0 saturated heterocycles. The molecule has 0 N–H and O–H groups in total. The lowest BCUT2D eigenvalue weighted by Gasteiger charge is -2.29. The van der Waals surface area contributed by atoms with Gasteiger partial charge in [-0.2, -0.15) is 0 Å². The molecular weight excluding hydrogens is 400 g/mol. The number of fused-ring (bicyclic) bond motifs is 2. The Labute approximate surface area is 185 Å². The molecule has 4 heteroatoms. The summed E-state index contributed by atoms with van der Waals surface area (Å²) in [6, 6.07) is 26.6. The Morgan fingerprint density at radius 1 is 0.875 bits per heavy atom. The van der Waals surface area contributed by atoms with Gasteiger partial charge in [-0.3, -0.25) is 0 Å². The van der Waals surface area contributed by atoms with E-state index >= 15 is 0 Å². The summed E-state index contributed by atoms with van der Waals surface area (Å²) < 4.78 is 11.7.